The summed E-state index contributed by atoms with van der Waals surface area (Å²) in [5, 5.41) is 8.67. The zero-order valence-electron chi connectivity index (χ0n) is 18.9. The van der Waals surface area contributed by atoms with Crippen molar-refractivity contribution in [3.8, 4) is 17.0 Å². The first-order valence-corrected chi connectivity index (χ1v) is 12.0. The number of rotatable bonds is 5. The van der Waals surface area contributed by atoms with Crippen LogP contribution < -0.4 is 9.64 Å². The summed E-state index contributed by atoms with van der Waals surface area (Å²) in [6.45, 7) is 2.82. The molecule has 0 N–H and O–H groups in total. The maximum atomic E-state index is 13.0. The van der Waals surface area contributed by atoms with Crippen molar-refractivity contribution in [3.63, 3.8) is 0 Å². The van der Waals surface area contributed by atoms with E-state index in [0.717, 1.165) is 48.4 Å². The Balaban J connectivity index is 1.15. The normalized spacial score (nSPS) is 17.1. The fraction of sp³-hybridized carbons (Fsp3) is 0.370. The molecule has 1 saturated heterocycles. The summed E-state index contributed by atoms with van der Waals surface area (Å²) in [5.74, 6) is 1.53. The number of carbonyl (C=O) groups is 1. The Kier molecular flexibility index (Phi) is 6.51. The molecule has 0 unspecified atom stereocenters. The van der Waals surface area contributed by atoms with Crippen LogP contribution in [0.3, 0.4) is 0 Å². The van der Waals surface area contributed by atoms with E-state index in [4.69, 9.17) is 4.74 Å². The molecule has 1 aliphatic heterocycles. The van der Waals surface area contributed by atoms with E-state index in [2.05, 4.69) is 27.2 Å². The van der Waals surface area contributed by atoms with Crippen molar-refractivity contribution in [3.05, 3.63) is 72.3 Å². The van der Waals surface area contributed by atoms with Crippen molar-refractivity contribution in [2.75, 3.05) is 31.1 Å². The van der Waals surface area contributed by atoms with Gasteiger partial charge in [0, 0.05) is 37.8 Å². The number of piperazine rings is 1. The maximum Gasteiger partial charge on any atom is 0.253 e. The van der Waals surface area contributed by atoms with Crippen LogP contribution in [0.15, 0.2) is 66.7 Å². The molecule has 2 aliphatic rings. The van der Waals surface area contributed by atoms with Gasteiger partial charge in [-0.2, -0.15) is 0 Å². The second-order valence-electron chi connectivity index (χ2n) is 8.83. The van der Waals surface area contributed by atoms with Gasteiger partial charge in [0.1, 0.15) is 6.10 Å². The number of anilines is 1. The summed E-state index contributed by atoms with van der Waals surface area (Å²) >= 11 is 0. The molecule has 0 atom stereocenters. The van der Waals surface area contributed by atoms with Crippen molar-refractivity contribution in [1.29, 1.82) is 0 Å². The third-order valence-electron chi connectivity index (χ3n) is 6.60. The number of benzene rings is 2. The van der Waals surface area contributed by atoms with E-state index in [1.54, 1.807) is 0 Å². The topological polar surface area (TPSA) is 58.6 Å². The average Bonchev–Trinajstić information content (AvgIpc) is 2.90. The third-order valence-corrected chi connectivity index (χ3v) is 6.60. The van der Waals surface area contributed by atoms with Crippen LogP contribution in [-0.4, -0.2) is 53.3 Å². The van der Waals surface area contributed by atoms with Gasteiger partial charge in [-0.25, -0.2) is 0 Å². The van der Waals surface area contributed by atoms with Crippen LogP contribution in [0.2, 0.25) is 0 Å². The molecular formula is C27H30N4O2. The number of ether oxygens (including phenoxy) is 1. The lowest BCUT2D eigenvalue weighted by Crippen LogP contribution is -2.49. The zero-order chi connectivity index (χ0) is 22.5. The number of hydrogen-bond donors (Lipinski definition) is 0. The third kappa shape index (κ3) is 5.16. The van der Waals surface area contributed by atoms with E-state index in [-0.39, 0.29) is 12.0 Å². The lowest BCUT2D eigenvalue weighted by molar-refractivity contribution is 0.0746. The molecule has 0 radical (unpaired) electrons. The highest BCUT2D eigenvalue weighted by atomic mass is 16.5. The first-order valence-electron chi connectivity index (χ1n) is 12.0. The number of nitrogens with zero attached hydrogens (tertiary/aromatic N) is 4. The minimum atomic E-state index is 0.0802. The van der Waals surface area contributed by atoms with Gasteiger partial charge in [-0.05, 0) is 55.0 Å². The summed E-state index contributed by atoms with van der Waals surface area (Å²) in [5.41, 5.74) is 3.00. The second kappa shape index (κ2) is 10.0. The van der Waals surface area contributed by atoms with Gasteiger partial charge in [-0.15, -0.1) is 10.2 Å². The van der Waals surface area contributed by atoms with Gasteiger partial charge in [0.25, 0.3) is 5.91 Å². The van der Waals surface area contributed by atoms with Crippen LogP contribution in [-0.2, 0) is 0 Å². The van der Waals surface area contributed by atoms with Gasteiger partial charge >= 0.3 is 0 Å². The molecule has 2 heterocycles. The molecule has 170 valence electrons. The maximum absolute atomic E-state index is 13.0. The van der Waals surface area contributed by atoms with Crippen LogP contribution >= 0.6 is 0 Å². The van der Waals surface area contributed by atoms with Crippen molar-refractivity contribution in [1.82, 2.24) is 15.1 Å². The highest BCUT2D eigenvalue weighted by Crippen LogP contribution is 2.24. The molecule has 0 spiro atoms. The Bertz CT molecular complexity index is 1040. The van der Waals surface area contributed by atoms with Crippen LogP contribution in [0.4, 0.5) is 5.82 Å². The summed E-state index contributed by atoms with van der Waals surface area (Å²) in [6.07, 6.45) is 6.25. The Hall–Kier alpha value is -3.41. The molecule has 1 aromatic heterocycles. The van der Waals surface area contributed by atoms with E-state index in [0.29, 0.717) is 19.0 Å². The van der Waals surface area contributed by atoms with Crippen LogP contribution in [0.25, 0.3) is 11.1 Å². The second-order valence-corrected chi connectivity index (χ2v) is 8.83. The molecule has 1 aliphatic carbocycles. The molecule has 5 rings (SSSR count). The summed E-state index contributed by atoms with van der Waals surface area (Å²) < 4.78 is 5.99. The SMILES string of the molecule is O=C(c1ccc(-c2ccccc2)cc1)N1CCN(c2ccc(OC3CCCCC3)nn2)CC1. The van der Waals surface area contributed by atoms with Crippen molar-refractivity contribution in [2.24, 2.45) is 0 Å². The zero-order valence-corrected chi connectivity index (χ0v) is 18.9. The molecule has 1 saturated carbocycles. The first-order chi connectivity index (χ1) is 16.3. The van der Waals surface area contributed by atoms with Crippen molar-refractivity contribution < 1.29 is 9.53 Å². The number of hydrogen-bond acceptors (Lipinski definition) is 5. The van der Waals surface area contributed by atoms with E-state index in [1.165, 1.54) is 19.3 Å². The molecule has 0 bridgehead atoms. The molecule has 6 nitrogen and oxygen atoms in total. The van der Waals surface area contributed by atoms with E-state index in [9.17, 15) is 4.79 Å². The standard InChI is InChI=1S/C27H30N4O2/c32-27(23-13-11-22(12-14-23)21-7-3-1-4-8-21)31-19-17-30(18-20-31)25-15-16-26(29-28-25)33-24-9-5-2-6-10-24/h1,3-4,7-8,11-16,24H,2,5-6,9-10,17-20H2. The van der Waals surface area contributed by atoms with Gasteiger partial charge in [-0.1, -0.05) is 48.9 Å². The minimum Gasteiger partial charge on any atom is -0.473 e. The molecule has 33 heavy (non-hydrogen) atoms. The molecule has 3 aromatic rings. The smallest absolute Gasteiger partial charge is 0.253 e. The Morgan fingerprint density at radius 3 is 2.12 bits per heavy atom. The molecule has 6 heteroatoms. The predicted octanol–water partition coefficient (Wildman–Crippen LogP) is 4.82. The molecule has 2 fully saturated rings. The Morgan fingerprint density at radius 2 is 1.45 bits per heavy atom. The Morgan fingerprint density at radius 1 is 0.758 bits per heavy atom. The van der Waals surface area contributed by atoms with Crippen molar-refractivity contribution >= 4 is 11.7 Å². The minimum absolute atomic E-state index is 0.0802. The fourth-order valence-electron chi connectivity index (χ4n) is 4.66. The highest BCUT2D eigenvalue weighted by molar-refractivity contribution is 5.94. The van der Waals surface area contributed by atoms with E-state index in [1.807, 2.05) is 59.5 Å². The molecule has 1 amide bonds. The van der Waals surface area contributed by atoms with Crippen LogP contribution in [0, 0.1) is 0 Å². The summed E-state index contributed by atoms with van der Waals surface area (Å²) in [6, 6.07) is 22.0. The average molecular weight is 443 g/mol. The molecular weight excluding hydrogens is 412 g/mol. The summed E-state index contributed by atoms with van der Waals surface area (Å²) in [4.78, 5) is 17.1. The van der Waals surface area contributed by atoms with E-state index < -0.39 is 0 Å². The van der Waals surface area contributed by atoms with Crippen molar-refractivity contribution in [2.45, 2.75) is 38.2 Å². The number of carbonyl (C=O) groups excluding carboxylic acids is 1. The van der Waals surface area contributed by atoms with Gasteiger partial charge in [0.05, 0.1) is 0 Å². The van der Waals surface area contributed by atoms with Gasteiger partial charge in [0.15, 0.2) is 5.82 Å². The predicted molar refractivity (Wildman–Crippen MR) is 130 cm³/mol. The quantitative estimate of drug-likeness (QED) is 0.567. The first kappa shape index (κ1) is 21.4. The monoisotopic (exact) mass is 442 g/mol. The van der Waals surface area contributed by atoms with Gasteiger partial charge in [-0.3, -0.25) is 4.79 Å². The Labute approximate surface area is 195 Å². The van der Waals surface area contributed by atoms with Gasteiger partial charge < -0.3 is 14.5 Å². The highest BCUT2D eigenvalue weighted by Gasteiger charge is 2.23. The van der Waals surface area contributed by atoms with Crippen LogP contribution in [0.1, 0.15) is 42.5 Å². The molecule has 2 aromatic carbocycles. The fourth-order valence-corrected chi connectivity index (χ4v) is 4.66. The largest absolute Gasteiger partial charge is 0.473 e. The number of aromatic nitrogens is 2. The van der Waals surface area contributed by atoms with Gasteiger partial charge in [0.2, 0.25) is 5.88 Å². The van der Waals surface area contributed by atoms with Crippen LogP contribution in [0.5, 0.6) is 5.88 Å². The lowest BCUT2D eigenvalue weighted by Gasteiger charge is -2.35. The lowest BCUT2D eigenvalue weighted by atomic mass is 9.98. The van der Waals surface area contributed by atoms with E-state index >= 15 is 0 Å². The number of amides is 1. The summed E-state index contributed by atoms with van der Waals surface area (Å²) in [7, 11) is 0.